The van der Waals surface area contributed by atoms with E-state index in [9.17, 15) is 9.59 Å². The van der Waals surface area contributed by atoms with E-state index in [1.165, 1.54) is 12.1 Å². The molecule has 0 radical (unpaired) electrons. The van der Waals surface area contributed by atoms with Gasteiger partial charge in [-0.1, -0.05) is 39.5 Å². The van der Waals surface area contributed by atoms with E-state index < -0.39 is 11.9 Å². The number of hydrogen-bond acceptors (Lipinski definition) is 4. The Balaban J connectivity index is 3.03. The number of anilines is 1. The Labute approximate surface area is 149 Å². The van der Waals surface area contributed by atoms with E-state index in [1.54, 1.807) is 0 Å². The number of urea groups is 1. The van der Waals surface area contributed by atoms with Gasteiger partial charge in [-0.05, 0) is 18.9 Å². The van der Waals surface area contributed by atoms with E-state index in [0.717, 1.165) is 38.5 Å². The molecule has 0 aromatic heterocycles. The Morgan fingerprint density at radius 3 is 1.88 bits per heavy atom. The van der Waals surface area contributed by atoms with Crippen molar-refractivity contribution in [2.75, 3.05) is 18.5 Å². The van der Waals surface area contributed by atoms with Crippen molar-refractivity contribution < 1.29 is 19.1 Å². The molecule has 0 spiro atoms. The number of benzene rings is 1. The predicted octanol–water partition coefficient (Wildman–Crippen LogP) is 3.41. The highest BCUT2D eigenvalue weighted by atomic mass is 16.5. The van der Waals surface area contributed by atoms with Crippen LogP contribution in [0.3, 0.4) is 0 Å². The monoisotopic (exact) mass is 351 g/mol. The summed E-state index contributed by atoms with van der Waals surface area (Å²) in [4.78, 5) is 22.8. The first-order valence-corrected chi connectivity index (χ1v) is 8.79. The van der Waals surface area contributed by atoms with Crippen molar-refractivity contribution in [1.29, 1.82) is 0 Å². The van der Waals surface area contributed by atoms with Gasteiger partial charge >= 0.3 is 6.03 Å². The maximum absolute atomic E-state index is 11.7. The molecule has 0 saturated heterocycles. The summed E-state index contributed by atoms with van der Waals surface area (Å²) in [6, 6.07) is 2.25. The summed E-state index contributed by atoms with van der Waals surface area (Å²) in [6.07, 6.45) is 6.08. The number of carbonyl (C=O) groups excluding carboxylic acids is 2. The van der Waals surface area contributed by atoms with Crippen molar-refractivity contribution in [3.63, 3.8) is 0 Å². The zero-order valence-electron chi connectivity index (χ0n) is 15.1. The van der Waals surface area contributed by atoms with E-state index in [2.05, 4.69) is 19.2 Å². The van der Waals surface area contributed by atoms with Crippen molar-refractivity contribution >= 4 is 17.6 Å². The van der Waals surface area contributed by atoms with Crippen molar-refractivity contribution in [2.24, 2.45) is 11.5 Å². The number of unbranched alkanes of at least 4 members (excludes halogenated alkanes) is 4. The third-order valence-corrected chi connectivity index (χ3v) is 3.62. The zero-order chi connectivity index (χ0) is 18.7. The van der Waals surface area contributed by atoms with Gasteiger partial charge in [0.05, 0.1) is 24.5 Å². The van der Waals surface area contributed by atoms with Crippen LogP contribution in [-0.2, 0) is 0 Å². The minimum Gasteiger partial charge on any atom is -0.490 e. The topological polar surface area (TPSA) is 117 Å². The molecule has 1 rings (SSSR count). The molecule has 0 aliphatic rings. The van der Waals surface area contributed by atoms with Crippen molar-refractivity contribution in [2.45, 2.75) is 52.4 Å². The predicted molar refractivity (Wildman–Crippen MR) is 98.2 cm³/mol. The van der Waals surface area contributed by atoms with Gasteiger partial charge in [0.25, 0.3) is 5.91 Å². The van der Waals surface area contributed by atoms with Gasteiger partial charge in [-0.2, -0.15) is 0 Å². The molecule has 140 valence electrons. The van der Waals surface area contributed by atoms with Gasteiger partial charge in [0.1, 0.15) is 0 Å². The average molecular weight is 351 g/mol. The molecule has 0 unspecified atom stereocenters. The molecule has 0 fully saturated rings. The number of nitrogens with one attached hydrogen (secondary N) is 1. The van der Waals surface area contributed by atoms with Gasteiger partial charge in [0.15, 0.2) is 11.5 Å². The number of primary amides is 2. The first-order chi connectivity index (χ1) is 12.0. The van der Waals surface area contributed by atoms with Gasteiger partial charge in [-0.15, -0.1) is 0 Å². The standard InChI is InChI=1S/C18H29N3O4/c1-3-5-7-9-24-15-11-13(17(19)22)14(21-18(20)23)12-16(15)25-10-8-6-4-2/h11-12H,3-10H2,1-2H3,(H2,19,22)(H3,20,21,23). The van der Waals surface area contributed by atoms with Gasteiger partial charge in [0.2, 0.25) is 0 Å². The highest BCUT2D eigenvalue weighted by molar-refractivity contribution is 6.03. The van der Waals surface area contributed by atoms with Crippen LogP contribution in [0.2, 0.25) is 0 Å². The van der Waals surface area contributed by atoms with Crippen LogP contribution in [0.15, 0.2) is 12.1 Å². The second kappa shape index (κ2) is 11.2. The molecule has 5 N–H and O–H groups in total. The Morgan fingerprint density at radius 2 is 1.44 bits per heavy atom. The van der Waals surface area contributed by atoms with E-state index in [1.807, 2.05) is 0 Å². The number of rotatable bonds is 12. The Morgan fingerprint density at radius 1 is 0.920 bits per heavy atom. The first-order valence-electron chi connectivity index (χ1n) is 8.79. The quantitative estimate of drug-likeness (QED) is 0.500. The summed E-state index contributed by atoms with van der Waals surface area (Å²) in [7, 11) is 0. The molecule has 3 amide bonds. The lowest BCUT2D eigenvalue weighted by molar-refractivity contribution is 0.100. The van der Waals surface area contributed by atoms with E-state index in [-0.39, 0.29) is 11.3 Å². The second-order valence-electron chi connectivity index (χ2n) is 5.81. The molecule has 1 aromatic rings. The lowest BCUT2D eigenvalue weighted by atomic mass is 10.1. The van der Waals surface area contributed by atoms with Crippen LogP contribution in [0, 0.1) is 0 Å². The van der Waals surface area contributed by atoms with Crippen molar-refractivity contribution in [3.05, 3.63) is 17.7 Å². The third kappa shape index (κ3) is 7.32. The van der Waals surface area contributed by atoms with Gasteiger partial charge in [-0.25, -0.2) is 4.79 Å². The molecule has 0 aliphatic carbocycles. The van der Waals surface area contributed by atoms with E-state index >= 15 is 0 Å². The summed E-state index contributed by atoms with van der Waals surface area (Å²) in [5, 5.41) is 2.40. The SMILES string of the molecule is CCCCCOc1cc(NC(N)=O)c(C(N)=O)cc1OCCCCC. The Hall–Kier alpha value is -2.44. The van der Waals surface area contributed by atoms with Gasteiger partial charge in [0, 0.05) is 6.07 Å². The van der Waals surface area contributed by atoms with Crippen LogP contribution in [-0.4, -0.2) is 25.2 Å². The minimum absolute atomic E-state index is 0.130. The first kappa shape index (κ1) is 20.6. The van der Waals surface area contributed by atoms with Crippen molar-refractivity contribution in [1.82, 2.24) is 0 Å². The van der Waals surface area contributed by atoms with Gasteiger partial charge in [-0.3, -0.25) is 4.79 Å². The summed E-state index contributed by atoms with van der Waals surface area (Å²) >= 11 is 0. The second-order valence-corrected chi connectivity index (χ2v) is 5.81. The lowest BCUT2D eigenvalue weighted by Gasteiger charge is -2.16. The highest BCUT2D eigenvalue weighted by Crippen LogP contribution is 2.34. The maximum atomic E-state index is 11.7. The summed E-state index contributed by atoms with van der Waals surface area (Å²) < 4.78 is 11.6. The number of carbonyl (C=O) groups is 2. The number of hydrogen-bond donors (Lipinski definition) is 3. The van der Waals surface area contributed by atoms with Crippen molar-refractivity contribution in [3.8, 4) is 11.5 Å². The summed E-state index contributed by atoms with van der Waals surface area (Å²) in [5.74, 6) is 0.220. The Kier molecular flexibility index (Phi) is 9.21. The fraction of sp³-hybridized carbons (Fsp3) is 0.556. The number of amides is 3. The number of nitrogens with two attached hydrogens (primary N) is 2. The summed E-state index contributed by atoms with van der Waals surface area (Å²) in [5.41, 5.74) is 10.9. The lowest BCUT2D eigenvalue weighted by Crippen LogP contribution is -2.23. The van der Waals surface area contributed by atoms with Crippen LogP contribution in [0.4, 0.5) is 10.5 Å². The molecule has 0 heterocycles. The molecule has 7 heteroatoms. The zero-order valence-corrected chi connectivity index (χ0v) is 15.1. The van der Waals surface area contributed by atoms with E-state index in [0.29, 0.717) is 24.7 Å². The van der Waals surface area contributed by atoms with Crippen LogP contribution >= 0.6 is 0 Å². The molecular weight excluding hydrogens is 322 g/mol. The van der Waals surface area contributed by atoms with Crippen LogP contribution in [0.1, 0.15) is 62.7 Å². The molecule has 0 bridgehead atoms. The largest absolute Gasteiger partial charge is 0.490 e. The highest BCUT2D eigenvalue weighted by Gasteiger charge is 2.17. The molecular formula is C18H29N3O4. The molecule has 25 heavy (non-hydrogen) atoms. The average Bonchev–Trinajstić information content (AvgIpc) is 2.56. The molecule has 1 aromatic carbocycles. The van der Waals surface area contributed by atoms with Crippen LogP contribution < -0.4 is 26.3 Å². The molecule has 7 nitrogen and oxygen atoms in total. The van der Waals surface area contributed by atoms with Gasteiger partial charge < -0.3 is 26.3 Å². The maximum Gasteiger partial charge on any atom is 0.316 e. The Bertz CT molecular complexity index is 576. The minimum atomic E-state index is -0.781. The fourth-order valence-corrected chi connectivity index (χ4v) is 2.29. The molecule has 0 aliphatic heterocycles. The number of ether oxygens (including phenoxy) is 2. The molecule has 0 saturated carbocycles. The third-order valence-electron chi connectivity index (χ3n) is 3.62. The van der Waals surface area contributed by atoms with Crippen LogP contribution in [0.25, 0.3) is 0 Å². The summed E-state index contributed by atoms with van der Waals surface area (Å²) in [6.45, 7) is 5.25. The fourth-order valence-electron chi connectivity index (χ4n) is 2.29. The molecule has 0 atom stereocenters. The van der Waals surface area contributed by atoms with Crippen LogP contribution in [0.5, 0.6) is 11.5 Å². The normalized spacial score (nSPS) is 10.3. The van der Waals surface area contributed by atoms with E-state index in [4.69, 9.17) is 20.9 Å². The smallest absolute Gasteiger partial charge is 0.316 e.